The van der Waals surface area contributed by atoms with E-state index < -0.39 is 5.91 Å². The first-order valence-electron chi connectivity index (χ1n) is 8.66. The largest absolute Gasteiger partial charge is 0.364 e. The van der Waals surface area contributed by atoms with Crippen LogP contribution in [0.25, 0.3) is 11.0 Å². The normalized spacial score (nSPS) is 13.7. The molecule has 1 aromatic carbocycles. The fourth-order valence-electron chi connectivity index (χ4n) is 3.24. The van der Waals surface area contributed by atoms with Crippen LogP contribution in [0.4, 0.5) is 0 Å². The molecule has 27 heavy (non-hydrogen) atoms. The number of hydrogen-bond acceptors (Lipinski definition) is 5. The number of nitrogens with zero attached hydrogens (tertiary/aromatic N) is 4. The van der Waals surface area contributed by atoms with Gasteiger partial charge in [0.25, 0.3) is 5.91 Å². The number of nitrogens with two attached hydrogens (primary N) is 1. The summed E-state index contributed by atoms with van der Waals surface area (Å²) in [6, 6.07) is 5.97. The summed E-state index contributed by atoms with van der Waals surface area (Å²) >= 11 is 0. The Hall–Kier alpha value is -3.20. The van der Waals surface area contributed by atoms with Crippen molar-refractivity contribution in [3.63, 3.8) is 0 Å². The van der Waals surface area contributed by atoms with Crippen molar-refractivity contribution in [3.8, 4) is 0 Å². The van der Waals surface area contributed by atoms with Crippen molar-refractivity contribution >= 4 is 22.8 Å². The Bertz CT molecular complexity index is 1020. The molecule has 1 aliphatic heterocycles. The molecule has 4 rings (SSSR count). The molecule has 0 bridgehead atoms. The number of aromatic amines is 1. The predicted molar refractivity (Wildman–Crippen MR) is 96.6 cm³/mol. The molecule has 0 radical (unpaired) electrons. The van der Waals surface area contributed by atoms with E-state index in [1.807, 2.05) is 25.1 Å². The van der Waals surface area contributed by atoms with E-state index in [1.54, 1.807) is 9.47 Å². The molecule has 140 valence electrons. The van der Waals surface area contributed by atoms with Gasteiger partial charge >= 0.3 is 0 Å². The van der Waals surface area contributed by atoms with E-state index in [-0.39, 0.29) is 19.1 Å². The Labute approximate surface area is 155 Å². The van der Waals surface area contributed by atoms with Crippen LogP contribution in [-0.2, 0) is 29.2 Å². The highest BCUT2D eigenvalue weighted by Crippen LogP contribution is 2.15. The Morgan fingerprint density at radius 1 is 1.33 bits per heavy atom. The van der Waals surface area contributed by atoms with E-state index in [1.165, 1.54) is 6.20 Å². The summed E-state index contributed by atoms with van der Waals surface area (Å²) in [6.07, 6.45) is 1.45. The van der Waals surface area contributed by atoms with Gasteiger partial charge in [-0.3, -0.25) is 9.59 Å². The lowest BCUT2D eigenvalue weighted by Gasteiger charge is -2.28. The molecule has 3 N–H and O–H groups in total. The second-order valence-corrected chi connectivity index (χ2v) is 6.59. The van der Waals surface area contributed by atoms with Gasteiger partial charge in [0.15, 0.2) is 0 Å². The van der Waals surface area contributed by atoms with Crippen molar-refractivity contribution in [1.82, 2.24) is 24.4 Å². The van der Waals surface area contributed by atoms with Crippen LogP contribution in [0.15, 0.2) is 24.4 Å². The number of carbonyl (C=O) groups is 2. The molecular formula is C18H20N6O3. The molecule has 2 aromatic heterocycles. The SMILES string of the molecule is Cc1ccc2nc(COCC(=O)N3CCn4c(C(N)=O)cnc4C3)[nH]c2c1. The van der Waals surface area contributed by atoms with Crippen LogP contribution >= 0.6 is 0 Å². The van der Waals surface area contributed by atoms with Crippen molar-refractivity contribution in [1.29, 1.82) is 0 Å². The number of aromatic nitrogens is 4. The lowest BCUT2D eigenvalue weighted by atomic mass is 10.2. The highest BCUT2D eigenvalue weighted by atomic mass is 16.5. The Kier molecular flexibility index (Phi) is 4.36. The first-order valence-corrected chi connectivity index (χ1v) is 8.66. The van der Waals surface area contributed by atoms with Crippen LogP contribution in [0.5, 0.6) is 0 Å². The van der Waals surface area contributed by atoms with Crippen LogP contribution in [0, 0.1) is 6.92 Å². The van der Waals surface area contributed by atoms with Crippen LogP contribution in [0.1, 0.15) is 27.7 Å². The number of carbonyl (C=O) groups excluding carboxylic acids is 2. The van der Waals surface area contributed by atoms with Crippen LogP contribution < -0.4 is 5.73 Å². The highest BCUT2D eigenvalue weighted by Gasteiger charge is 2.24. The standard InChI is InChI=1S/C18H20N6O3/c1-11-2-3-12-13(6-11)22-15(21-12)9-27-10-17(25)23-4-5-24-14(18(19)26)7-20-16(24)8-23/h2-3,6-7H,4-5,8-10H2,1H3,(H2,19,26)(H,21,22). The molecular weight excluding hydrogens is 348 g/mol. The molecule has 0 saturated heterocycles. The average molecular weight is 368 g/mol. The molecule has 1 aliphatic rings. The van der Waals surface area contributed by atoms with Gasteiger partial charge in [-0.05, 0) is 24.6 Å². The molecule has 0 spiro atoms. The zero-order chi connectivity index (χ0) is 19.0. The third kappa shape index (κ3) is 3.41. The molecule has 3 heterocycles. The lowest BCUT2D eigenvalue weighted by Crippen LogP contribution is -2.41. The summed E-state index contributed by atoms with van der Waals surface area (Å²) in [5.74, 6) is 0.689. The predicted octanol–water partition coefficient (Wildman–Crippen LogP) is 0.726. The summed E-state index contributed by atoms with van der Waals surface area (Å²) in [5, 5.41) is 0. The van der Waals surface area contributed by atoms with Gasteiger partial charge in [0.2, 0.25) is 5.91 Å². The number of H-pyrrole nitrogens is 1. The number of ether oxygens (including phenoxy) is 1. The Morgan fingerprint density at radius 2 is 2.19 bits per heavy atom. The Balaban J connectivity index is 1.33. The zero-order valence-electron chi connectivity index (χ0n) is 14.9. The maximum absolute atomic E-state index is 12.4. The van der Waals surface area contributed by atoms with Crippen molar-refractivity contribution in [3.05, 3.63) is 47.3 Å². The molecule has 0 saturated carbocycles. The zero-order valence-corrected chi connectivity index (χ0v) is 14.9. The number of benzene rings is 1. The third-order valence-electron chi connectivity index (χ3n) is 4.62. The summed E-state index contributed by atoms with van der Waals surface area (Å²) in [4.78, 5) is 37.2. The topological polar surface area (TPSA) is 119 Å². The molecule has 0 unspecified atom stereocenters. The number of fused-ring (bicyclic) bond motifs is 2. The van der Waals surface area contributed by atoms with Gasteiger partial charge in [-0.1, -0.05) is 6.07 Å². The van der Waals surface area contributed by atoms with Crippen LogP contribution in [0.3, 0.4) is 0 Å². The summed E-state index contributed by atoms with van der Waals surface area (Å²) in [6.45, 7) is 3.51. The van der Waals surface area contributed by atoms with E-state index >= 15 is 0 Å². The lowest BCUT2D eigenvalue weighted by molar-refractivity contribution is -0.138. The van der Waals surface area contributed by atoms with Gasteiger partial charge in [0.1, 0.15) is 30.6 Å². The Morgan fingerprint density at radius 3 is 3.00 bits per heavy atom. The first kappa shape index (κ1) is 17.2. The second kappa shape index (κ2) is 6.84. The first-order chi connectivity index (χ1) is 13.0. The van der Waals surface area contributed by atoms with Crippen molar-refractivity contribution in [2.75, 3.05) is 13.2 Å². The van der Waals surface area contributed by atoms with Crippen LogP contribution in [-0.4, -0.2) is 49.4 Å². The van der Waals surface area contributed by atoms with Gasteiger partial charge in [-0.2, -0.15) is 0 Å². The minimum atomic E-state index is -0.516. The summed E-state index contributed by atoms with van der Waals surface area (Å²) in [7, 11) is 0. The summed E-state index contributed by atoms with van der Waals surface area (Å²) in [5.41, 5.74) is 8.67. The molecule has 3 aromatic rings. The highest BCUT2D eigenvalue weighted by molar-refractivity contribution is 5.91. The molecule has 0 atom stereocenters. The average Bonchev–Trinajstić information content (AvgIpc) is 3.24. The minimum Gasteiger partial charge on any atom is -0.364 e. The van der Waals surface area contributed by atoms with Gasteiger partial charge in [-0.15, -0.1) is 0 Å². The minimum absolute atomic E-state index is 0.0422. The number of rotatable bonds is 5. The van der Waals surface area contributed by atoms with Gasteiger partial charge in [-0.25, -0.2) is 9.97 Å². The van der Waals surface area contributed by atoms with E-state index in [2.05, 4.69) is 15.0 Å². The summed E-state index contributed by atoms with van der Waals surface area (Å²) < 4.78 is 7.29. The van der Waals surface area contributed by atoms with Crippen molar-refractivity contribution in [2.24, 2.45) is 5.73 Å². The van der Waals surface area contributed by atoms with Crippen LogP contribution in [0.2, 0.25) is 0 Å². The number of amides is 2. The maximum atomic E-state index is 12.4. The van der Waals surface area contributed by atoms with Gasteiger partial charge in [0.05, 0.1) is 23.8 Å². The van der Waals surface area contributed by atoms with E-state index in [0.717, 1.165) is 16.6 Å². The fourth-order valence-corrected chi connectivity index (χ4v) is 3.24. The number of aryl methyl sites for hydroxylation is 1. The number of imidazole rings is 2. The second-order valence-electron chi connectivity index (χ2n) is 6.59. The third-order valence-corrected chi connectivity index (χ3v) is 4.62. The number of nitrogens with one attached hydrogen (secondary N) is 1. The van der Waals surface area contributed by atoms with E-state index in [9.17, 15) is 9.59 Å². The maximum Gasteiger partial charge on any atom is 0.266 e. The smallest absolute Gasteiger partial charge is 0.266 e. The molecule has 2 amide bonds. The molecule has 9 nitrogen and oxygen atoms in total. The quantitative estimate of drug-likeness (QED) is 0.688. The number of primary amides is 1. The van der Waals surface area contributed by atoms with E-state index in [4.69, 9.17) is 10.5 Å². The monoisotopic (exact) mass is 368 g/mol. The van der Waals surface area contributed by atoms with Crippen molar-refractivity contribution < 1.29 is 14.3 Å². The fraction of sp³-hybridized carbons (Fsp3) is 0.333. The molecule has 0 aliphatic carbocycles. The van der Waals surface area contributed by atoms with Gasteiger partial charge < -0.3 is 24.9 Å². The molecule has 9 heteroatoms. The number of hydrogen-bond donors (Lipinski definition) is 2. The molecule has 0 fully saturated rings. The van der Waals surface area contributed by atoms with Crippen molar-refractivity contribution in [2.45, 2.75) is 26.6 Å². The van der Waals surface area contributed by atoms with E-state index in [0.29, 0.717) is 37.0 Å². The van der Waals surface area contributed by atoms with Gasteiger partial charge in [0, 0.05) is 13.1 Å².